The maximum absolute atomic E-state index is 13.3. The summed E-state index contributed by atoms with van der Waals surface area (Å²) in [6.07, 6.45) is 9.61. The summed E-state index contributed by atoms with van der Waals surface area (Å²) >= 11 is 3.34. The Labute approximate surface area is 365 Å². The van der Waals surface area contributed by atoms with E-state index in [9.17, 15) is 19.5 Å². The van der Waals surface area contributed by atoms with Crippen molar-refractivity contribution >= 4 is 40.9 Å². The molecule has 7 rings (SSSR count). The molecular weight excluding hydrogens is 799 g/mol. The first-order valence-corrected chi connectivity index (χ1v) is 23.6. The first-order chi connectivity index (χ1) is 28.9. The molecule has 4 fully saturated rings. The van der Waals surface area contributed by atoms with Crippen LogP contribution < -0.4 is 4.74 Å². The third kappa shape index (κ3) is 12.1. The average Bonchev–Trinajstić information content (AvgIpc) is 3.32. The van der Waals surface area contributed by atoms with E-state index >= 15 is 0 Å². The van der Waals surface area contributed by atoms with E-state index in [2.05, 4.69) is 28.2 Å². The number of morpholine rings is 3. The highest BCUT2D eigenvalue weighted by Crippen LogP contribution is 2.37. The van der Waals surface area contributed by atoms with Crippen molar-refractivity contribution in [3.05, 3.63) is 89.5 Å². The molecule has 1 atom stereocenters. The lowest BCUT2D eigenvalue weighted by molar-refractivity contribution is -0.101. The van der Waals surface area contributed by atoms with Crippen molar-refractivity contribution in [1.82, 2.24) is 14.7 Å². The van der Waals surface area contributed by atoms with Crippen molar-refractivity contribution in [3.63, 3.8) is 0 Å². The summed E-state index contributed by atoms with van der Waals surface area (Å²) in [5, 5.41) is 10.5. The van der Waals surface area contributed by atoms with Gasteiger partial charge in [-0.05, 0) is 94.7 Å². The molecule has 1 saturated carbocycles. The molecule has 3 aromatic rings. The molecule has 13 heteroatoms. The molecule has 3 heterocycles. The highest BCUT2D eigenvalue weighted by atomic mass is 32.2. The molecule has 1 aliphatic carbocycles. The predicted octanol–water partition coefficient (Wildman–Crippen LogP) is 7.25. The van der Waals surface area contributed by atoms with Gasteiger partial charge in [-0.1, -0.05) is 43.5 Å². The largest absolute Gasteiger partial charge is 0.497 e. The van der Waals surface area contributed by atoms with Crippen LogP contribution in [-0.4, -0.2) is 152 Å². The Kier molecular flexibility index (Phi) is 18.2. The van der Waals surface area contributed by atoms with Crippen LogP contribution in [0, 0.1) is 0 Å². The molecule has 3 aromatic carbocycles. The number of ketones is 3. The number of carbonyl (C=O) groups is 3. The van der Waals surface area contributed by atoms with Crippen LogP contribution in [0.1, 0.15) is 83.9 Å². The molecule has 0 amide bonds. The van der Waals surface area contributed by atoms with Gasteiger partial charge in [-0.2, -0.15) is 0 Å². The van der Waals surface area contributed by atoms with Gasteiger partial charge in [0.1, 0.15) is 5.75 Å². The number of hydrogen-bond acceptors (Lipinski definition) is 13. The van der Waals surface area contributed by atoms with Gasteiger partial charge < -0.3 is 24.1 Å². The molecule has 4 aliphatic rings. The number of nitrogens with zero attached hydrogens (tertiary/aromatic N) is 3. The third-order valence-electron chi connectivity index (χ3n) is 12.2. The van der Waals surface area contributed by atoms with Crippen LogP contribution in [0.2, 0.25) is 0 Å². The minimum absolute atomic E-state index is 0.136. The molecule has 0 aromatic heterocycles. The minimum atomic E-state index is -1.47. The van der Waals surface area contributed by atoms with E-state index in [1.807, 2.05) is 68.6 Å². The number of hydrogen-bond donors (Lipinski definition) is 1. The van der Waals surface area contributed by atoms with Crippen molar-refractivity contribution in [3.8, 4) is 5.75 Å². The first kappa shape index (κ1) is 47.9. The lowest BCUT2D eigenvalue weighted by Crippen LogP contribution is -2.59. The number of ether oxygens (including phenoxy) is 4. The van der Waals surface area contributed by atoms with E-state index < -0.39 is 11.3 Å². The standard InChI is InChI=1S/C18H25NO2S.C15H21NO3.C14H19NO3S/c1-22-16-7-5-15(6-8-16)17(20)18(9-3-2-4-10-18)19-11-13-21-14-12-19;1-15(2,16-8-10-19-11-9-16)14(17)12-4-6-13(18-3)7-5-12;1-14(17,15-7-9-18-10-8-15)13(16)11-3-5-12(19-2)6-4-11/h5-8H,2-4,9-14H2,1H3;4-7H,8-11H2,1-3H3;3-6,17H,7-10H2,1-2H3. The van der Waals surface area contributed by atoms with Crippen molar-refractivity contribution < 1.29 is 38.4 Å². The molecule has 3 aliphatic heterocycles. The second kappa shape index (κ2) is 22.8. The summed E-state index contributed by atoms with van der Waals surface area (Å²) in [7, 11) is 1.62. The van der Waals surface area contributed by atoms with Gasteiger partial charge in [0, 0.05) is 65.7 Å². The normalized spacial score (nSPS) is 20.0. The molecule has 60 heavy (non-hydrogen) atoms. The molecule has 3 saturated heterocycles. The summed E-state index contributed by atoms with van der Waals surface area (Å²) in [5.74, 6) is 0.960. The van der Waals surface area contributed by atoms with Gasteiger partial charge in [-0.3, -0.25) is 29.1 Å². The zero-order chi connectivity index (χ0) is 43.2. The highest BCUT2D eigenvalue weighted by Gasteiger charge is 2.45. The second-order valence-corrected chi connectivity index (χ2v) is 17.9. The summed E-state index contributed by atoms with van der Waals surface area (Å²) in [6.45, 7) is 14.0. The molecular formula is C47H65N3O8S2. The van der Waals surface area contributed by atoms with Crippen molar-refractivity contribution in [2.24, 2.45) is 0 Å². The fourth-order valence-electron chi connectivity index (χ4n) is 8.35. The quantitative estimate of drug-likeness (QED) is 0.146. The van der Waals surface area contributed by atoms with Crippen LogP contribution in [0.15, 0.2) is 82.6 Å². The Morgan fingerprint density at radius 1 is 0.600 bits per heavy atom. The van der Waals surface area contributed by atoms with E-state index in [0.29, 0.717) is 50.9 Å². The SMILES string of the molecule is COc1ccc(C(=O)C(C)(C)N2CCOCC2)cc1.CSc1ccc(C(=O)C(C)(O)N2CCOCC2)cc1.CSc1ccc(C(=O)C2(N3CCOCC3)CCCCC2)cc1. The maximum atomic E-state index is 13.3. The molecule has 0 radical (unpaired) electrons. The first-order valence-electron chi connectivity index (χ1n) is 21.1. The van der Waals surface area contributed by atoms with Crippen LogP contribution in [0.5, 0.6) is 5.75 Å². The number of benzene rings is 3. The zero-order valence-electron chi connectivity index (χ0n) is 36.4. The third-order valence-corrected chi connectivity index (χ3v) is 13.7. The monoisotopic (exact) mass is 863 g/mol. The number of aliphatic hydroxyl groups is 1. The van der Waals surface area contributed by atoms with Crippen molar-refractivity contribution in [2.75, 3.05) is 98.5 Å². The van der Waals surface area contributed by atoms with Gasteiger partial charge in [0.15, 0.2) is 17.3 Å². The predicted molar refractivity (Wildman–Crippen MR) is 240 cm³/mol. The fraction of sp³-hybridized carbons (Fsp3) is 0.553. The van der Waals surface area contributed by atoms with Gasteiger partial charge in [0.2, 0.25) is 5.78 Å². The van der Waals surface area contributed by atoms with Crippen molar-refractivity contribution in [2.45, 2.75) is 79.5 Å². The Morgan fingerprint density at radius 3 is 1.48 bits per heavy atom. The molecule has 0 bridgehead atoms. The van der Waals surface area contributed by atoms with Crippen LogP contribution in [0.25, 0.3) is 0 Å². The van der Waals surface area contributed by atoms with Gasteiger partial charge >= 0.3 is 0 Å². The summed E-state index contributed by atoms with van der Waals surface area (Å²) < 4.78 is 21.2. The van der Waals surface area contributed by atoms with Crippen molar-refractivity contribution in [1.29, 1.82) is 0 Å². The summed E-state index contributed by atoms with van der Waals surface area (Å²) in [6, 6.07) is 22.8. The van der Waals surface area contributed by atoms with Gasteiger partial charge in [-0.15, -0.1) is 23.5 Å². The number of Topliss-reactive ketones (excluding diaryl/α,β-unsaturated/α-hetero) is 3. The van der Waals surface area contributed by atoms with E-state index in [0.717, 1.165) is 86.8 Å². The molecule has 0 spiro atoms. The molecule has 1 N–H and O–H groups in total. The summed E-state index contributed by atoms with van der Waals surface area (Å²) in [4.78, 5) is 47.1. The minimum Gasteiger partial charge on any atom is -0.497 e. The fourth-order valence-corrected chi connectivity index (χ4v) is 9.16. The van der Waals surface area contributed by atoms with Gasteiger partial charge in [-0.25, -0.2) is 0 Å². The molecule has 328 valence electrons. The van der Waals surface area contributed by atoms with Crippen LogP contribution in [0.4, 0.5) is 0 Å². The van der Waals surface area contributed by atoms with Gasteiger partial charge in [0.25, 0.3) is 0 Å². The molecule has 1 unspecified atom stereocenters. The Morgan fingerprint density at radius 2 is 1.02 bits per heavy atom. The lowest BCUT2D eigenvalue weighted by Gasteiger charge is -2.46. The van der Waals surface area contributed by atoms with E-state index in [1.54, 1.807) is 54.6 Å². The Bertz CT molecular complexity index is 1710. The zero-order valence-corrected chi connectivity index (χ0v) is 38.0. The van der Waals surface area contributed by atoms with Gasteiger partial charge in [0.05, 0.1) is 57.8 Å². The maximum Gasteiger partial charge on any atom is 0.209 e. The Hall–Kier alpha value is -3.11. The Balaban J connectivity index is 0.000000171. The number of thioether (sulfide) groups is 2. The average molecular weight is 864 g/mol. The van der Waals surface area contributed by atoms with Crippen LogP contribution in [-0.2, 0) is 14.2 Å². The highest BCUT2D eigenvalue weighted by molar-refractivity contribution is 7.98. The smallest absolute Gasteiger partial charge is 0.209 e. The summed E-state index contributed by atoms with van der Waals surface area (Å²) in [5.41, 5.74) is -0.135. The van der Waals surface area contributed by atoms with Crippen LogP contribution in [0.3, 0.4) is 0 Å². The van der Waals surface area contributed by atoms with Crippen LogP contribution >= 0.6 is 23.5 Å². The molecule has 11 nitrogen and oxygen atoms in total. The van der Waals surface area contributed by atoms with E-state index in [4.69, 9.17) is 18.9 Å². The van der Waals surface area contributed by atoms with E-state index in [-0.39, 0.29) is 17.1 Å². The van der Waals surface area contributed by atoms with E-state index in [1.165, 1.54) is 11.3 Å². The lowest BCUT2D eigenvalue weighted by atomic mass is 9.75. The number of methoxy groups -OCH3 is 1. The number of carbonyl (C=O) groups excluding carboxylic acids is 3. The number of rotatable bonds is 12. The topological polar surface area (TPSA) is 118 Å². The second-order valence-electron chi connectivity index (χ2n) is 16.1.